The van der Waals surface area contributed by atoms with Crippen LogP contribution in [0, 0.1) is 57.2 Å². The quantitative estimate of drug-likeness (QED) is 0.300. The maximum Gasteiger partial charge on any atom is 0.309 e. The number of benzene rings is 2. The first-order valence-corrected chi connectivity index (χ1v) is 19.3. The SMILES string of the molecule is CC(C)[C@@H]1CC[C@]2(C(=O)O)CC[C@]3(C)C(CCC4[C@@]5(C)Cc6c(-c7ccccc7)cn(Cc7ccccc7)c6C(C)(C)C5CC[C@]43C)C12. The zero-order valence-corrected chi connectivity index (χ0v) is 30.7. The fourth-order valence-electron chi connectivity index (χ4n) is 14.4. The molecule has 8 rings (SSSR count). The van der Waals surface area contributed by atoms with E-state index in [0.717, 1.165) is 38.6 Å². The van der Waals surface area contributed by atoms with E-state index in [9.17, 15) is 9.90 Å². The van der Waals surface area contributed by atoms with Gasteiger partial charge in [0.1, 0.15) is 0 Å². The van der Waals surface area contributed by atoms with Gasteiger partial charge in [-0.05, 0) is 126 Å². The topological polar surface area (TPSA) is 42.2 Å². The van der Waals surface area contributed by atoms with Gasteiger partial charge in [0.05, 0.1) is 5.41 Å². The molecule has 1 heterocycles. The third kappa shape index (κ3) is 4.21. The Morgan fingerprint density at radius 1 is 0.812 bits per heavy atom. The average molecular weight is 646 g/mol. The van der Waals surface area contributed by atoms with Gasteiger partial charge in [-0.1, -0.05) is 109 Å². The highest BCUT2D eigenvalue weighted by Gasteiger charge is 2.72. The van der Waals surface area contributed by atoms with Crippen LogP contribution < -0.4 is 0 Å². The highest BCUT2D eigenvalue weighted by Crippen LogP contribution is 2.77. The van der Waals surface area contributed by atoms with E-state index in [1.165, 1.54) is 42.4 Å². The molecule has 4 fully saturated rings. The minimum atomic E-state index is -0.503. The van der Waals surface area contributed by atoms with Crippen LogP contribution in [0.1, 0.15) is 117 Å². The number of carboxylic acid groups (broad SMARTS) is 1. The predicted molar refractivity (Wildman–Crippen MR) is 196 cm³/mol. The van der Waals surface area contributed by atoms with Crippen molar-refractivity contribution in [2.75, 3.05) is 0 Å². The number of carboxylic acids is 1. The molecule has 1 aromatic heterocycles. The summed E-state index contributed by atoms with van der Waals surface area (Å²) in [5, 5.41) is 10.8. The monoisotopic (exact) mass is 645 g/mol. The fourth-order valence-corrected chi connectivity index (χ4v) is 14.4. The minimum absolute atomic E-state index is 0.0441. The van der Waals surface area contributed by atoms with Gasteiger partial charge >= 0.3 is 5.97 Å². The molecule has 5 aliphatic rings. The Balaban J connectivity index is 1.23. The smallest absolute Gasteiger partial charge is 0.309 e. The van der Waals surface area contributed by atoms with Gasteiger partial charge in [-0.3, -0.25) is 4.79 Å². The van der Waals surface area contributed by atoms with Gasteiger partial charge in [0.2, 0.25) is 0 Å². The van der Waals surface area contributed by atoms with Crippen molar-refractivity contribution in [2.24, 2.45) is 57.2 Å². The van der Waals surface area contributed by atoms with Gasteiger partial charge in [-0.25, -0.2) is 0 Å². The van der Waals surface area contributed by atoms with Gasteiger partial charge in [0.25, 0.3) is 0 Å². The molecule has 3 nitrogen and oxygen atoms in total. The molecule has 0 saturated heterocycles. The summed E-state index contributed by atoms with van der Waals surface area (Å²) in [6, 6.07) is 22.2. The van der Waals surface area contributed by atoms with Crippen LogP contribution in [-0.4, -0.2) is 15.6 Å². The summed E-state index contributed by atoms with van der Waals surface area (Å²) in [5.41, 5.74) is 7.39. The Morgan fingerprint density at radius 2 is 1.50 bits per heavy atom. The molecule has 3 heteroatoms. The van der Waals surface area contributed by atoms with E-state index in [2.05, 4.69) is 120 Å². The lowest BCUT2D eigenvalue weighted by atomic mass is 9.32. The summed E-state index contributed by atoms with van der Waals surface area (Å²) >= 11 is 0. The van der Waals surface area contributed by atoms with Crippen LogP contribution >= 0.6 is 0 Å². The third-order valence-corrected chi connectivity index (χ3v) is 16.5. The van der Waals surface area contributed by atoms with Crippen molar-refractivity contribution < 1.29 is 9.90 Å². The normalized spacial score (nSPS) is 39.5. The fraction of sp³-hybridized carbons (Fsp3) is 0.622. The summed E-state index contributed by atoms with van der Waals surface area (Å²) in [6.45, 7) is 18.8. The van der Waals surface area contributed by atoms with Gasteiger partial charge < -0.3 is 9.67 Å². The van der Waals surface area contributed by atoms with Crippen LogP contribution in [0.4, 0.5) is 0 Å². The van der Waals surface area contributed by atoms with E-state index in [-0.39, 0.29) is 21.7 Å². The van der Waals surface area contributed by atoms with E-state index in [1.54, 1.807) is 11.3 Å². The van der Waals surface area contributed by atoms with Crippen molar-refractivity contribution in [1.29, 1.82) is 0 Å². The number of carbonyl (C=O) groups is 1. The van der Waals surface area contributed by atoms with E-state index in [4.69, 9.17) is 0 Å². The van der Waals surface area contributed by atoms with Crippen LogP contribution in [0.3, 0.4) is 0 Å². The van der Waals surface area contributed by atoms with Crippen LogP contribution in [0.5, 0.6) is 0 Å². The molecule has 4 unspecified atom stereocenters. The van der Waals surface area contributed by atoms with Gasteiger partial charge in [0.15, 0.2) is 0 Å². The standard InChI is InChI=1S/C45H59NO2/c1-29(2)32-20-23-45(40(47)48)25-24-43(6)35(38(32)45)18-19-37-42(5)26-33-34(31-16-12-9-13-17-31)28-46(27-30-14-10-8-11-15-30)39(33)41(3,4)36(42)21-22-44(37,43)7/h8-17,28-29,32,35-38H,18-27H2,1-7H3,(H,47,48)/t32-,35?,36?,37?,38?,42-,43+,44+,45-/m0/s1. The molecule has 0 bridgehead atoms. The van der Waals surface area contributed by atoms with Crippen molar-refractivity contribution in [3.63, 3.8) is 0 Å². The number of rotatable bonds is 5. The van der Waals surface area contributed by atoms with Crippen molar-refractivity contribution in [3.05, 3.63) is 83.7 Å². The number of aromatic nitrogens is 1. The van der Waals surface area contributed by atoms with Crippen molar-refractivity contribution in [1.82, 2.24) is 4.57 Å². The number of nitrogens with zero attached hydrogens (tertiary/aromatic N) is 1. The average Bonchev–Trinajstić information content (AvgIpc) is 3.62. The van der Waals surface area contributed by atoms with Gasteiger partial charge in [0, 0.05) is 29.4 Å². The molecule has 256 valence electrons. The Bertz CT molecular complexity index is 1700. The van der Waals surface area contributed by atoms with Crippen LogP contribution in [0.25, 0.3) is 11.1 Å². The van der Waals surface area contributed by atoms with E-state index in [1.807, 2.05) is 0 Å². The Hall–Kier alpha value is -2.81. The van der Waals surface area contributed by atoms with E-state index < -0.39 is 11.4 Å². The van der Waals surface area contributed by atoms with Crippen LogP contribution in [-0.2, 0) is 23.2 Å². The molecule has 1 N–H and O–H groups in total. The Labute approximate surface area is 289 Å². The Morgan fingerprint density at radius 3 is 2.17 bits per heavy atom. The summed E-state index contributed by atoms with van der Waals surface area (Å²) in [7, 11) is 0. The maximum atomic E-state index is 13.2. The summed E-state index contributed by atoms with van der Waals surface area (Å²) in [4.78, 5) is 13.2. The first kappa shape index (κ1) is 32.4. The molecule has 4 saturated carbocycles. The molecule has 0 spiro atoms. The molecule has 0 amide bonds. The second kappa shape index (κ2) is 10.8. The van der Waals surface area contributed by atoms with E-state index >= 15 is 0 Å². The number of aliphatic carboxylic acids is 1. The van der Waals surface area contributed by atoms with Crippen molar-refractivity contribution >= 4 is 5.97 Å². The highest BCUT2D eigenvalue weighted by molar-refractivity contribution is 5.76. The molecule has 3 aromatic rings. The zero-order valence-electron chi connectivity index (χ0n) is 30.7. The molecule has 9 atom stereocenters. The molecule has 0 radical (unpaired) electrons. The highest BCUT2D eigenvalue weighted by atomic mass is 16.4. The number of hydrogen-bond acceptors (Lipinski definition) is 1. The maximum absolute atomic E-state index is 13.2. The minimum Gasteiger partial charge on any atom is -0.481 e. The zero-order chi connectivity index (χ0) is 33.9. The molecule has 48 heavy (non-hydrogen) atoms. The predicted octanol–water partition coefficient (Wildman–Crippen LogP) is 11.0. The second-order valence-corrected chi connectivity index (χ2v) is 18.8. The lowest BCUT2D eigenvalue weighted by molar-refractivity contribution is -0.230. The van der Waals surface area contributed by atoms with Crippen LogP contribution in [0.15, 0.2) is 66.9 Å². The lowest BCUT2D eigenvalue weighted by Crippen LogP contribution is -2.67. The summed E-state index contributed by atoms with van der Waals surface area (Å²) < 4.78 is 2.62. The number of fused-ring (bicyclic) bond motifs is 8. The molecule has 2 aromatic carbocycles. The molecular formula is C45H59NO2. The first-order chi connectivity index (χ1) is 22.8. The largest absolute Gasteiger partial charge is 0.481 e. The third-order valence-electron chi connectivity index (χ3n) is 16.5. The van der Waals surface area contributed by atoms with Crippen molar-refractivity contribution in [3.8, 4) is 11.1 Å². The van der Waals surface area contributed by atoms with Crippen LogP contribution in [0.2, 0.25) is 0 Å². The molecule has 0 aliphatic heterocycles. The second-order valence-electron chi connectivity index (χ2n) is 18.8. The summed E-state index contributed by atoms with van der Waals surface area (Å²) in [6.07, 6.45) is 12.6. The van der Waals surface area contributed by atoms with Gasteiger partial charge in [-0.2, -0.15) is 0 Å². The van der Waals surface area contributed by atoms with E-state index in [0.29, 0.717) is 35.5 Å². The number of hydrogen-bond donors (Lipinski definition) is 1. The first-order valence-electron chi connectivity index (χ1n) is 19.3. The lowest BCUT2D eigenvalue weighted by Gasteiger charge is -2.72. The summed E-state index contributed by atoms with van der Waals surface area (Å²) in [5.74, 6) is 2.67. The van der Waals surface area contributed by atoms with Gasteiger partial charge in [-0.15, -0.1) is 0 Å². The Kier molecular flexibility index (Phi) is 7.32. The molecular weight excluding hydrogens is 587 g/mol. The molecule has 5 aliphatic carbocycles. The van der Waals surface area contributed by atoms with Crippen molar-refractivity contribution in [2.45, 2.75) is 118 Å².